The maximum Gasteiger partial charge on any atom is 0.205 e. The van der Waals surface area contributed by atoms with Gasteiger partial charge in [0.25, 0.3) is 0 Å². The van der Waals surface area contributed by atoms with E-state index in [2.05, 4.69) is 0 Å². The first kappa shape index (κ1) is 8.38. The highest BCUT2D eigenvalue weighted by molar-refractivity contribution is 5.41. The zero-order valence-corrected chi connectivity index (χ0v) is 7.45. The molecule has 13 heavy (non-hydrogen) atoms. The van der Waals surface area contributed by atoms with Crippen LogP contribution in [0.15, 0.2) is 18.2 Å². The lowest BCUT2D eigenvalue weighted by molar-refractivity contribution is -0.133. The largest absolute Gasteiger partial charge is 0.508 e. The lowest BCUT2D eigenvalue weighted by Gasteiger charge is -2.30. The fourth-order valence-electron chi connectivity index (χ4n) is 1.52. The fraction of sp³-hybridized carbons (Fsp3) is 0.400. The first-order chi connectivity index (χ1) is 6.07. The van der Waals surface area contributed by atoms with Gasteiger partial charge in [-0.1, -0.05) is 0 Å². The van der Waals surface area contributed by atoms with Gasteiger partial charge in [-0.05, 0) is 30.2 Å². The number of aliphatic hydroxyl groups is 1. The van der Waals surface area contributed by atoms with Gasteiger partial charge < -0.3 is 14.9 Å². The Kier molecular flexibility index (Phi) is 1.70. The number of aryl methyl sites for hydroxylation is 1. The van der Waals surface area contributed by atoms with Gasteiger partial charge in [-0.2, -0.15) is 0 Å². The first-order valence-corrected chi connectivity index (χ1v) is 4.30. The molecule has 1 heterocycles. The van der Waals surface area contributed by atoms with Crippen LogP contribution < -0.4 is 4.74 Å². The SMILES string of the molecule is CC1(O)CCc2cc(O)ccc2O1. The van der Waals surface area contributed by atoms with E-state index >= 15 is 0 Å². The van der Waals surface area contributed by atoms with Crippen molar-refractivity contribution < 1.29 is 14.9 Å². The third kappa shape index (κ3) is 1.60. The molecular weight excluding hydrogens is 168 g/mol. The second-order valence-corrected chi connectivity index (χ2v) is 3.57. The van der Waals surface area contributed by atoms with E-state index in [-0.39, 0.29) is 5.75 Å². The Morgan fingerprint density at radius 3 is 3.00 bits per heavy atom. The molecule has 1 unspecified atom stereocenters. The van der Waals surface area contributed by atoms with E-state index in [0.717, 1.165) is 12.0 Å². The van der Waals surface area contributed by atoms with Gasteiger partial charge in [-0.15, -0.1) is 0 Å². The van der Waals surface area contributed by atoms with Gasteiger partial charge in [0.05, 0.1) is 0 Å². The highest BCUT2D eigenvalue weighted by atomic mass is 16.6. The van der Waals surface area contributed by atoms with Gasteiger partial charge in [0.1, 0.15) is 11.5 Å². The molecule has 1 atom stereocenters. The summed E-state index contributed by atoms with van der Waals surface area (Å²) in [4.78, 5) is 0. The number of hydrogen-bond donors (Lipinski definition) is 2. The van der Waals surface area contributed by atoms with Gasteiger partial charge in [-0.3, -0.25) is 0 Å². The predicted octanol–water partition coefficient (Wildman–Crippen LogP) is 1.43. The number of benzene rings is 1. The normalized spacial score (nSPS) is 26.3. The van der Waals surface area contributed by atoms with E-state index in [0.29, 0.717) is 12.2 Å². The van der Waals surface area contributed by atoms with E-state index in [1.807, 2.05) is 0 Å². The Bertz CT molecular complexity index is 331. The van der Waals surface area contributed by atoms with Crippen molar-refractivity contribution >= 4 is 0 Å². The molecule has 1 aromatic rings. The van der Waals surface area contributed by atoms with Crippen LogP contribution in [0, 0.1) is 0 Å². The zero-order valence-electron chi connectivity index (χ0n) is 7.45. The van der Waals surface area contributed by atoms with E-state index in [9.17, 15) is 10.2 Å². The quantitative estimate of drug-likeness (QED) is 0.635. The Morgan fingerprint density at radius 2 is 2.23 bits per heavy atom. The molecule has 0 fully saturated rings. The second-order valence-electron chi connectivity index (χ2n) is 3.57. The highest BCUT2D eigenvalue weighted by Crippen LogP contribution is 2.33. The molecular formula is C10H12O3. The molecule has 0 aromatic heterocycles. The summed E-state index contributed by atoms with van der Waals surface area (Å²) in [5.74, 6) is -0.165. The number of phenolic OH excluding ortho intramolecular Hbond substituents is 1. The van der Waals surface area contributed by atoms with Crippen LogP contribution in [-0.4, -0.2) is 16.0 Å². The van der Waals surface area contributed by atoms with Crippen LogP contribution in [0.25, 0.3) is 0 Å². The van der Waals surface area contributed by atoms with Crippen molar-refractivity contribution in [3.63, 3.8) is 0 Å². The third-order valence-corrected chi connectivity index (χ3v) is 2.23. The summed E-state index contributed by atoms with van der Waals surface area (Å²) >= 11 is 0. The average molecular weight is 180 g/mol. The summed E-state index contributed by atoms with van der Waals surface area (Å²) in [5, 5.41) is 18.8. The molecule has 0 spiro atoms. The van der Waals surface area contributed by atoms with Crippen molar-refractivity contribution in [1.82, 2.24) is 0 Å². The Hall–Kier alpha value is -1.22. The van der Waals surface area contributed by atoms with Crippen molar-refractivity contribution in [2.45, 2.75) is 25.6 Å². The van der Waals surface area contributed by atoms with Gasteiger partial charge in [0, 0.05) is 13.3 Å². The summed E-state index contributed by atoms with van der Waals surface area (Å²) in [5.41, 5.74) is 0.950. The Labute approximate surface area is 76.6 Å². The van der Waals surface area contributed by atoms with Gasteiger partial charge in [0.2, 0.25) is 5.79 Å². The minimum Gasteiger partial charge on any atom is -0.508 e. The van der Waals surface area contributed by atoms with Crippen LogP contribution in [0.3, 0.4) is 0 Å². The maximum absolute atomic E-state index is 9.61. The van der Waals surface area contributed by atoms with Gasteiger partial charge >= 0.3 is 0 Å². The molecule has 1 aromatic carbocycles. The number of ether oxygens (including phenoxy) is 1. The Morgan fingerprint density at radius 1 is 1.46 bits per heavy atom. The smallest absolute Gasteiger partial charge is 0.205 e. The van der Waals surface area contributed by atoms with E-state index < -0.39 is 5.79 Å². The number of aromatic hydroxyl groups is 1. The number of phenols is 1. The minimum atomic E-state index is -1.07. The van der Waals surface area contributed by atoms with Crippen LogP contribution >= 0.6 is 0 Å². The molecule has 2 N–H and O–H groups in total. The fourth-order valence-corrected chi connectivity index (χ4v) is 1.52. The molecule has 0 saturated carbocycles. The summed E-state index contributed by atoms with van der Waals surface area (Å²) < 4.78 is 5.32. The second kappa shape index (κ2) is 2.64. The van der Waals surface area contributed by atoms with Crippen LogP contribution in [0.5, 0.6) is 11.5 Å². The molecule has 1 aliphatic rings. The van der Waals surface area contributed by atoms with Crippen LogP contribution in [0.1, 0.15) is 18.9 Å². The molecule has 0 aliphatic carbocycles. The van der Waals surface area contributed by atoms with Crippen LogP contribution in [0.2, 0.25) is 0 Å². The van der Waals surface area contributed by atoms with Gasteiger partial charge in [0.15, 0.2) is 0 Å². The standard InChI is InChI=1S/C10H12O3/c1-10(12)5-4-7-6-8(11)2-3-9(7)13-10/h2-3,6,11-12H,4-5H2,1H3. The van der Waals surface area contributed by atoms with E-state index in [4.69, 9.17) is 4.74 Å². The van der Waals surface area contributed by atoms with Crippen molar-refractivity contribution in [3.05, 3.63) is 23.8 Å². The monoisotopic (exact) mass is 180 g/mol. The summed E-state index contributed by atoms with van der Waals surface area (Å²) in [6, 6.07) is 4.91. The summed E-state index contributed by atoms with van der Waals surface area (Å²) in [6.07, 6.45) is 1.29. The van der Waals surface area contributed by atoms with E-state index in [1.165, 1.54) is 0 Å². The van der Waals surface area contributed by atoms with Crippen molar-refractivity contribution in [3.8, 4) is 11.5 Å². The molecule has 1 aliphatic heterocycles. The van der Waals surface area contributed by atoms with Crippen molar-refractivity contribution in [1.29, 1.82) is 0 Å². The first-order valence-electron chi connectivity index (χ1n) is 4.30. The highest BCUT2D eigenvalue weighted by Gasteiger charge is 2.28. The predicted molar refractivity (Wildman–Crippen MR) is 47.7 cm³/mol. The minimum absolute atomic E-state index is 0.240. The Balaban J connectivity index is 2.37. The zero-order chi connectivity index (χ0) is 9.47. The van der Waals surface area contributed by atoms with Crippen molar-refractivity contribution in [2.75, 3.05) is 0 Å². The topological polar surface area (TPSA) is 49.7 Å². The lowest BCUT2D eigenvalue weighted by atomic mass is 10.0. The molecule has 0 saturated heterocycles. The summed E-state index contributed by atoms with van der Waals surface area (Å²) in [6.45, 7) is 1.64. The third-order valence-electron chi connectivity index (χ3n) is 2.23. The molecule has 3 nitrogen and oxygen atoms in total. The number of fused-ring (bicyclic) bond motifs is 1. The average Bonchev–Trinajstić information content (AvgIpc) is 2.05. The van der Waals surface area contributed by atoms with Gasteiger partial charge in [-0.25, -0.2) is 0 Å². The molecule has 0 radical (unpaired) electrons. The van der Waals surface area contributed by atoms with E-state index in [1.54, 1.807) is 25.1 Å². The molecule has 0 bridgehead atoms. The van der Waals surface area contributed by atoms with Crippen LogP contribution in [-0.2, 0) is 6.42 Å². The molecule has 0 amide bonds. The molecule has 2 rings (SSSR count). The lowest BCUT2D eigenvalue weighted by Crippen LogP contribution is -2.35. The molecule has 70 valence electrons. The summed E-state index contributed by atoms with van der Waals surface area (Å²) in [7, 11) is 0. The van der Waals surface area contributed by atoms with Crippen LogP contribution in [0.4, 0.5) is 0 Å². The molecule has 3 heteroatoms. The maximum atomic E-state index is 9.61. The number of rotatable bonds is 0. The van der Waals surface area contributed by atoms with Crippen molar-refractivity contribution in [2.24, 2.45) is 0 Å². The number of hydrogen-bond acceptors (Lipinski definition) is 3.